The molecule has 1 aromatic rings. The number of rotatable bonds is 4. The second-order valence-corrected chi connectivity index (χ2v) is 2.92. The fraction of sp³-hybridized carbons (Fsp3) is 0.500. The largest absolute Gasteiger partial charge is 0.481 e. The van der Waals surface area contributed by atoms with Gasteiger partial charge in [-0.05, 0) is 0 Å². The van der Waals surface area contributed by atoms with Gasteiger partial charge in [0.15, 0.2) is 5.92 Å². The van der Waals surface area contributed by atoms with Crippen molar-refractivity contribution in [3.05, 3.63) is 12.2 Å². The number of hydrogen-bond donors (Lipinski definition) is 1. The summed E-state index contributed by atoms with van der Waals surface area (Å²) in [5.41, 5.74) is 0. The zero-order chi connectivity index (χ0) is 11.4. The Labute approximate surface area is 85.7 Å². The summed E-state index contributed by atoms with van der Waals surface area (Å²) in [6.45, 7) is 0. The van der Waals surface area contributed by atoms with Gasteiger partial charge in [-0.2, -0.15) is 5.10 Å². The average molecular weight is 213 g/mol. The summed E-state index contributed by atoms with van der Waals surface area (Å²) in [7, 11) is 2.77. The van der Waals surface area contributed by atoms with Crippen LogP contribution in [0.3, 0.4) is 0 Å². The van der Waals surface area contributed by atoms with Crippen molar-refractivity contribution >= 4 is 11.9 Å². The molecule has 0 saturated carbocycles. The quantitative estimate of drug-likeness (QED) is 0.521. The Morgan fingerprint density at radius 2 is 2.33 bits per heavy atom. The third-order valence-electron chi connectivity index (χ3n) is 1.98. The van der Waals surface area contributed by atoms with Gasteiger partial charge in [-0.3, -0.25) is 14.3 Å². The number of carboxylic acid groups (broad SMARTS) is 1. The molecule has 0 radical (unpaired) electrons. The molecule has 15 heavy (non-hydrogen) atoms. The van der Waals surface area contributed by atoms with E-state index in [1.54, 1.807) is 7.05 Å². The number of nitrogens with zero attached hydrogens (tertiary/aromatic N) is 3. The summed E-state index contributed by atoms with van der Waals surface area (Å²) in [5.74, 6) is -2.83. The van der Waals surface area contributed by atoms with Gasteiger partial charge in [0.1, 0.15) is 12.2 Å². The predicted octanol–water partition coefficient (Wildman–Crippen LogP) is -0.769. The average Bonchev–Trinajstić information content (AvgIpc) is 2.59. The number of aryl methyl sites for hydroxylation is 1. The van der Waals surface area contributed by atoms with Crippen LogP contribution in [0.1, 0.15) is 5.82 Å². The highest BCUT2D eigenvalue weighted by Gasteiger charge is 2.28. The number of aromatic nitrogens is 3. The Morgan fingerprint density at radius 3 is 2.73 bits per heavy atom. The molecular weight excluding hydrogens is 202 g/mol. The standard InChI is InChI=1S/C8H11N3O4/c1-11-6(9-4-10-11)3-5(7(12)13)8(14)15-2/h4-5H,3H2,1-2H3,(H,12,13). The van der Waals surface area contributed by atoms with E-state index in [1.165, 1.54) is 11.0 Å². The van der Waals surface area contributed by atoms with Crippen molar-refractivity contribution in [1.29, 1.82) is 0 Å². The van der Waals surface area contributed by atoms with Crippen LogP contribution in [0.15, 0.2) is 6.33 Å². The van der Waals surface area contributed by atoms with Crippen molar-refractivity contribution in [3.8, 4) is 0 Å². The molecule has 0 aliphatic heterocycles. The van der Waals surface area contributed by atoms with Crippen molar-refractivity contribution in [3.63, 3.8) is 0 Å². The van der Waals surface area contributed by atoms with Gasteiger partial charge in [0, 0.05) is 13.5 Å². The molecule has 0 amide bonds. The first-order valence-corrected chi connectivity index (χ1v) is 4.19. The Bertz CT molecular complexity index is 374. The molecule has 7 heteroatoms. The highest BCUT2D eigenvalue weighted by molar-refractivity contribution is 5.94. The van der Waals surface area contributed by atoms with Gasteiger partial charge in [0.25, 0.3) is 0 Å². The summed E-state index contributed by atoms with van der Waals surface area (Å²) in [6.07, 6.45) is 1.27. The highest BCUT2D eigenvalue weighted by Crippen LogP contribution is 2.07. The topological polar surface area (TPSA) is 94.3 Å². The number of ether oxygens (including phenoxy) is 1. The van der Waals surface area contributed by atoms with Crippen LogP contribution in [0.2, 0.25) is 0 Å². The third kappa shape index (κ3) is 2.52. The lowest BCUT2D eigenvalue weighted by atomic mass is 10.1. The van der Waals surface area contributed by atoms with E-state index >= 15 is 0 Å². The van der Waals surface area contributed by atoms with E-state index in [4.69, 9.17) is 5.11 Å². The normalized spacial score (nSPS) is 12.1. The van der Waals surface area contributed by atoms with Crippen molar-refractivity contribution < 1.29 is 19.4 Å². The lowest BCUT2D eigenvalue weighted by Crippen LogP contribution is -2.28. The maximum absolute atomic E-state index is 11.1. The van der Waals surface area contributed by atoms with E-state index in [0.717, 1.165) is 7.11 Å². The fourth-order valence-electron chi connectivity index (χ4n) is 1.10. The van der Waals surface area contributed by atoms with Crippen LogP contribution in [0, 0.1) is 5.92 Å². The molecule has 0 spiro atoms. The molecule has 0 aliphatic rings. The van der Waals surface area contributed by atoms with Gasteiger partial charge >= 0.3 is 11.9 Å². The van der Waals surface area contributed by atoms with Gasteiger partial charge in [-0.15, -0.1) is 0 Å². The molecule has 0 aromatic carbocycles. The molecule has 1 rings (SSSR count). The number of aliphatic carboxylic acids is 1. The van der Waals surface area contributed by atoms with Crippen molar-refractivity contribution in [2.75, 3.05) is 7.11 Å². The number of methoxy groups -OCH3 is 1. The Balaban J connectivity index is 2.80. The van der Waals surface area contributed by atoms with Gasteiger partial charge in [0.2, 0.25) is 0 Å². The molecule has 1 atom stereocenters. The van der Waals surface area contributed by atoms with Crippen molar-refractivity contribution in [2.45, 2.75) is 6.42 Å². The molecule has 7 nitrogen and oxygen atoms in total. The molecule has 1 heterocycles. The summed E-state index contributed by atoms with van der Waals surface area (Å²) in [4.78, 5) is 25.7. The van der Waals surface area contributed by atoms with Crippen LogP contribution < -0.4 is 0 Å². The summed E-state index contributed by atoms with van der Waals surface area (Å²) < 4.78 is 5.80. The molecule has 1 N–H and O–H groups in total. The third-order valence-corrected chi connectivity index (χ3v) is 1.98. The van der Waals surface area contributed by atoms with Crippen LogP contribution in [-0.2, 0) is 27.8 Å². The monoisotopic (exact) mass is 213 g/mol. The van der Waals surface area contributed by atoms with Crippen LogP contribution in [0.25, 0.3) is 0 Å². The van der Waals surface area contributed by atoms with Gasteiger partial charge in [0.05, 0.1) is 7.11 Å². The minimum absolute atomic E-state index is 0.0293. The maximum Gasteiger partial charge on any atom is 0.320 e. The van der Waals surface area contributed by atoms with Gasteiger partial charge < -0.3 is 9.84 Å². The van der Waals surface area contributed by atoms with Crippen LogP contribution in [0.5, 0.6) is 0 Å². The molecular formula is C8H11N3O4. The lowest BCUT2D eigenvalue weighted by Gasteiger charge is -2.08. The highest BCUT2D eigenvalue weighted by atomic mass is 16.5. The van der Waals surface area contributed by atoms with Crippen LogP contribution in [0.4, 0.5) is 0 Å². The maximum atomic E-state index is 11.1. The number of carbonyl (C=O) groups excluding carboxylic acids is 1. The zero-order valence-electron chi connectivity index (χ0n) is 8.38. The number of esters is 1. The molecule has 0 saturated heterocycles. The molecule has 0 bridgehead atoms. The molecule has 0 aliphatic carbocycles. The summed E-state index contributed by atoms with van der Waals surface area (Å²) >= 11 is 0. The van der Waals surface area contributed by atoms with E-state index in [0.29, 0.717) is 5.82 Å². The van der Waals surface area contributed by atoms with Gasteiger partial charge in [-0.25, -0.2) is 4.98 Å². The Kier molecular flexibility index (Phi) is 3.37. The smallest absolute Gasteiger partial charge is 0.320 e. The first-order valence-electron chi connectivity index (χ1n) is 4.19. The number of carbonyl (C=O) groups is 2. The minimum Gasteiger partial charge on any atom is -0.481 e. The minimum atomic E-state index is -1.24. The number of carboxylic acids is 1. The molecule has 0 fully saturated rings. The molecule has 82 valence electrons. The second kappa shape index (κ2) is 4.54. The zero-order valence-corrected chi connectivity index (χ0v) is 8.38. The van der Waals surface area contributed by atoms with E-state index in [9.17, 15) is 9.59 Å². The lowest BCUT2D eigenvalue weighted by molar-refractivity contribution is -0.156. The molecule has 1 aromatic heterocycles. The van der Waals surface area contributed by atoms with Crippen molar-refractivity contribution in [1.82, 2.24) is 14.8 Å². The first kappa shape index (κ1) is 11.2. The SMILES string of the molecule is COC(=O)C(Cc1ncnn1C)C(=O)O. The number of hydrogen-bond acceptors (Lipinski definition) is 5. The molecule has 1 unspecified atom stereocenters. The Morgan fingerprint density at radius 1 is 1.67 bits per heavy atom. The predicted molar refractivity (Wildman–Crippen MR) is 47.8 cm³/mol. The second-order valence-electron chi connectivity index (χ2n) is 2.92. The summed E-state index contributed by atoms with van der Waals surface area (Å²) in [5, 5.41) is 12.6. The Hall–Kier alpha value is -1.92. The summed E-state index contributed by atoms with van der Waals surface area (Å²) in [6, 6.07) is 0. The van der Waals surface area contributed by atoms with E-state index in [2.05, 4.69) is 14.8 Å². The van der Waals surface area contributed by atoms with E-state index in [-0.39, 0.29) is 6.42 Å². The van der Waals surface area contributed by atoms with Crippen molar-refractivity contribution in [2.24, 2.45) is 13.0 Å². The fourth-order valence-corrected chi connectivity index (χ4v) is 1.10. The van der Waals surface area contributed by atoms with E-state index < -0.39 is 17.9 Å². The first-order chi connectivity index (χ1) is 7.06. The van der Waals surface area contributed by atoms with E-state index in [1.807, 2.05) is 0 Å². The van der Waals surface area contributed by atoms with Crippen LogP contribution in [-0.4, -0.2) is 38.9 Å². The van der Waals surface area contributed by atoms with Gasteiger partial charge in [-0.1, -0.05) is 0 Å². The van der Waals surface area contributed by atoms with Crippen LogP contribution >= 0.6 is 0 Å².